The summed E-state index contributed by atoms with van der Waals surface area (Å²) in [4.78, 5) is 50.9. The Morgan fingerprint density at radius 3 is 1.34 bits per heavy atom. The molecule has 1 heterocycles. The average Bonchev–Trinajstić information content (AvgIpc) is 3.35. The van der Waals surface area contributed by atoms with Gasteiger partial charge in [0.1, 0.15) is 18.8 Å². The van der Waals surface area contributed by atoms with Crippen molar-refractivity contribution in [2.24, 2.45) is 0 Å². The van der Waals surface area contributed by atoms with Crippen LogP contribution in [0.5, 0.6) is 0 Å². The molecule has 1 fully saturated rings. The third-order valence-corrected chi connectivity index (χ3v) is 12.9. The lowest BCUT2D eigenvalue weighted by atomic mass is 9.98. The van der Waals surface area contributed by atoms with E-state index in [0.29, 0.717) is 19.3 Å². The number of aliphatic carboxylic acids is 1. The molecular weight excluding hydrogens is 901 g/mol. The number of unbranched alkanes of at least 4 members (excludes halogenated alkanes) is 26. The zero-order valence-electron chi connectivity index (χ0n) is 45.0. The van der Waals surface area contributed by atoms with Crippen LogP contribution >= 0.6 is 0 Å². The number of esters is 3. The molecule has 0 amide bonds. The van der Waals surface area contributed by atoms with Crippen LogP contribution in [0.15, 0.2) is 48.6 Å². The Kier molecular flexibility index (Phi) is 44.1. The fourth-order valence-corrected chi connectivity index (χ4v) is 8.43. The first kappa shape index (κ1) is 65.7. The van der Waals surface area contributed by atoms with E-state index in [2.05, 4.69) is 69.4 Å². The highest BCUT2D eigenvalue weighted by molar-refractivity contribution is 5.74. The third kappa shape index (κ3) is 38.0. The van der Waals surface area contributed by atoms with E-state index >= 15 is 0 Å². The maximum absolute atomic E-state index is 13.1. The summed E-state index contributed by atoms with van der Waals surface area (Å²) in [5, 5.41) is 31.3. The molecule has 12 nitrogen and oxygen atoms in total. The number of allylic oxidation sites excluding steroid dienone is 8. The molecule has 1 rings (SSSR count). The molecule has 0 aliphatic carbocycles. The molecule has 1 aliphatic heterocycles. The van der Waals surface area contributed by atoms with Crippen LogP contribution in [-0.4, -0.2) is 89.2 Å². The standard InChI is InChI=1S/C59H102O12/c1-4-7-10-13-16-19-21-23-24-25-26-27-28-30-31-34-36-39-42-45-51(60)67-48-50(69-52(61)46-43-40-38-35-32-29-22-20-17-14-11-8-5-2)49-68-59-57(55(64)54(63)56(71-59)58(65)66)70-53(62)47-44-41-37-33-18-15-12-9-6-3/h16,19-20,22-24,26-27,50,54-57,59,63-64H,4-15,17-18,21,25,28-49H2,1-3H3,(H,65,66)/b19-16-,22-20-,24-23-,27-26-. The highest BCUT2D eigenvalue weighted by Crippen LogP contribution is 2.26. The van der Waals surface area contributed by atoms with Gasteiger partial charge >= 0.3 is 23.9 Å². The molecule has 0 spiro atoms. The summed E-state index contributed by atoms with van der Waals surface area (Å²) in [7, 11) is 0. The Balaban J connectivity index is 2.68. The number of ether oxygens (including phenoxy) is 5. The van der Waals surface area contributed by atoms with Gasteiger partial charge in [-0.25, -0.2) is 4.79 Å². The zero-order chi connectivity index (χ0) is 51.8. The number of aliphatic hydroxyl groups excluding tert-OH is 2. The van der Waals surface area contributed by atoms with Gasteiger partial charge in [-0.3, -0.25) is 14.4 Å². The highest BCUT2D eigenvalue weighted by atomic mass is 16.7. The van der Waals surface area contributed by atoms with Gasteiger partial charge < -0.3 is 39.0 Å². The van der Waals surface area contributed by atoms with Crippen molar-refractivity contribution in [3.8, 4) is 0 Å². The van der Waals surface area contributed by atoms with E-state index in [-0.39, 0.29) is 25.9 Å². The minimum atomic E-state index is -1.90. The van der Waals surface area contributed by atoms with Crippen molar-refractivity contribution < 1.29 is 58.2 Å². The largest absolute Gasteiger partial charge is 0.479 e. The van der Waals surface area contributed by atoms with Gasteiger partial charge in [0.25, 0.3) is 0 Å². The van der Waals surface area contributed by atoms with Crippen LogP contribution in [0.4, 0.5) is 0 Å². The molecule has 71 heavy (non-hydrogen) atoms. The van der Waals surface area contributed by atoms with Crippen molar-refractivity contribution in [1.82, 2.24) is 0 Å². The van der Waals surface area contributed by atoms with Crippen molar-refractivity contribution >= 4 is 23.9 Å². The summed E-state index contributed by atoms with van der Waals surface area (Å²) in [6, 6.07) is 0. The summed E-state index contributed by atoms with van der Waals surface area (Å²) in [5.41, 5.74) is 0. The number of aliphatic hydroxyl groups is 2. The van der Waals surface area contributed by atoms with Crippen LogP contribution in [0.1, 0.15) is 252 Å². The Morgan fingerprint density at radius 2 is 0.845 bits per heavy atom. The molecule has 6 unspecified atom stereocenters. The molecule has 0 bridgehead atoms. The maximum Gasteiger partial charge on any atom is 0.335 e. The number of carbonyl (C=O) groups excluding carboxylic acids is 3. The van der Waals surface area contributed by atoms with Crippen LogP contribution in [0.2, 0.25) is 0 Å². The van der Waals surface area contributed by atoms with Gasteiger partial charge in [-0.1, -0.05) is 198 Å². The van der Waals surface area contributed by atoms with E-state index in [1.54, 1.807) is 0 Å². The maximum atomic E-state index is 13.1. The van der Waals surface area contributed by atoms with Crippen molar-refractivity contribution in [3.05, 3.63) is 48.6 Å². The molecular formula is C59H102O12. The van der Waals surface area contributed by atoms with Gasteiger partial charge in [-0.15, -0.1) is 0 Å². The number of hydrogen-bond donors (Lipinski definition) is 3. The summed E-state index contributed by atoms with van der Waals surface area (Å²) in [6.07, 6.45) is 43.8. The van der Waals surface area contributed by atoms with Crippen molar-refractivity contribution in [2.75, 3.05) is 13.2 Å². The normalized spacial score (nSPS) is 18.8. The molecule has 0 radical (unpaired) electrons. The summed E-state index contributed by atoms with van der Waals surface area (Å²) >= 11 is 0. The Labute approximate surface area is 431 Å². The molecule has 0 aromatic carbocycles. The summed E-state index contributed by atoms with van der Waals surface area (Å²) < 4.78 is 28.3. The van der Waals surface area contributed by atoms with E-state index in [0.717, 1.165) is 116 Å². The number of carboxylic acids is 1. The van der Waals surface area contributed by atoms with E-state index < -0.39 is 67.3 Å². The van der Waals surface area contributed by atoms with Gasteiger partial charge in [0.05, 0.1) is 6.61 Å². The topological polar surface area (TPSA) is 175 Å². The zero-order valence-corrected chi connectivity index (χ0v) is 45.0. The fraction of sp³-hybridized carbons (Fsp3) is 0.797. The van der Waals surface area contributed by atoms with E-state index in [9.17, 15) is 34.5 Å². The van der Waals surface area contributed by atoms with Crippen molar-refractivity contribution in [1.29, 1.82) is 0 Å². The van der Waals surface area contributed by atoms with Crippen LogP contribution in [0, 0.1) is 0 Å². The lowest BCUT2D eigenvalue weighted by Gasteiger charge is -2.40. The minimum Gasteiger partial charge on any atom is -0.479 e. The average molecular weight is 1000 g/mol. The number of carbonyl (C=O) groups is 4. The smallest absolute Gasteiger partial charge is 0.335 e. The van der Waals surface area contributed by atoms with Gasteiger partial charge in [-0.2, -0.15) is 0 Å². The second kappa shape index (κ2) is 47.7. The SMILES string of the molecule is CCCCC/C=C\C/C=C\C/C=C\CCCCCCCCC(=O)OCC(COC1OC(C(=O)O)C(O)C(O)C1OC(=O)CCCCCCCCCCC)OC(=O)CCCCCCC/C=C\CCCCCC. The monoisotopic (exact) mass is 1000 g/mol. The predicted octanol–water partition coefficient (Wildman–Crippen LogP) is 14.2. The second-order valence-corrected chi connectivity index (χ2v) is 19.6. The first-order valence-electron chi connectivity index (χ1n) is 28.6. The molecule has 12 heteroatoms. The Hall–Kier alpha value is -3.32. The Bertz CT molecular complexity index is 1420. The van der Waals surface area contributed by atoms with Crippen molar-refractivity contribution in [2.45, 2.75) is 289 Å². The summed E-state index contributed by atoms with van der Waals surface area (Å²) in [6.45, 7) is 5.90. The van der Waals surface area contributed by atoms with Crippen LogP contribution in [-0.2, 0) is 42.9 Å². The number of rotatable bonds is 48. The van der Waals surface area contributed by atoms with E-state index in [1.807, 2.05) is 0 Å². The highest BCUT2D eigenvalue weighted by Gasteiger charge is 2.50. The predicted molar refractivity (Wildman–Crippen MR) is 285 cm³/mol. The molecule has 6 atom stereocenters. The first-order chi connectivity index (χ1) is 34.6. The minimum absolute atomic E-state index is 0.0600. The number of carboxylic acid groups (broad SMARTS) is 1. The molecule has 1 aliphatic rings. The van der Waals surface area contributed by atoms with Crippen LogP contribution in [0.3, 0.4) is 0 Å². The lowest BCUT2D eigenvalue weighted by Crippen LogP contribution is -2.61. The third-order valence-electron chi connectivity index (χ3n) is 12.9. The van der Waals surface area contributed by atoms with Crippen LogP contribution < -0.4 is 0 Å². The lowest BCUT2D eigenvalue weighted by molar-refractivity contribution is -0.301. The first-order valence-corrected chi connectivity index (χ1v) is 28.6. The van der Waals surface area contributed by atoms with Gasteiger partial charge in [0.2, 0.25) is 0 Å². The van der Waals surface area contributed by atoms with E-state index in [1.165, 1.54) is 77.0 Å². The Morgan fingerprint density at radius 1 is 0.465 bits per heavy atom. The molecule has 0 saturated carbocycles. The van der Waals surface area contributed by atoms with E-state index in [4.69, 9.17) is 23.7 Å². The van der Waals surface area contributed by atoms with Gasteiger partial charge in [0, 0.05) is 19.3 Å². The van der Waals surface area contributed by atoms with Crippen molar-refractivity contribution in [3.63, 3.8) is 0 Å². The second-order valence-electron chi connectivity index (χ2n) is 19.6. The molecule has 0 aromatic rings. The quantitative estimate of drug-likeness (QED) is 0.0228. The molecule has 1 saturated heterocycles. The molecule has 410 valence electrons. The van der Waals surface area contributed by atoms with Gasteiger partial charge in [-0.05, 0) is 83.5 Å². The summed E-state index contributed by atoms with van der Waals surface area (Å²) in [5.74, 6) is -3.14. The van der Waals surface area contributed by atoms with Crippen LogP contribution in [0.25, 0.3) is 0 Å². The molecule has 3 N–H and O–H groups in total. The fourth-order valence-electron chi connectivity index (χ4n) is 8.43. The van der Waals surface area contributed by atoms with Gasteiger partial charge in [0.15, 0.2) is 24.6 Å². The molecule has 0 aromatic heterocycles. The number of hydrogen-bond acceptors (Lipinski definition) is 11.